The molecule has 20 heavy (non-hydrogen) atoms. The lowest BCUT2D eigenvalue weighted by molar-refractivity contribution is -0.132. The van der Waals surface area contributed by atoms with Crippen molar-refractivity contribution in [1.29, 1.82) is 0 Å². The third kappa shape index (κ3) is 3.70. The van der Waals surface area contributed by atoms with Crippen LogP contribution in [0.4, 0.5) is 0 Å². The Kier molecular flexibility index (Phi) is 4.69. The molecule has 0 bridgehead atoms. The van der Waals surface area contributed by atoms with Gasteiger partial charge in [-0.1, -0.05) is 13.8 Å². The summed E-state index contributed by atoms with van der Waals surface area (Å²) in [7, 11) is 1.95. The maximum Gasteiger partial charge on any atom is 0.227 e. The molecule has 0 atom stereocenters. The third-order valence-electron chi connectivity index (χ3n) is 4.49. The number of nitrogens with zero attached hydrogens (tertiary/aromatic N) is 1. The fourth-order valence-electron chi connectivity index (χ4n) is 2.84. The number of amides is 1. The average molecular weight is 313 g/mol. The highest BCUT2D eigenvalue weighted by Gasteiger charge is 2.30. The van der Waals surface area contributed by atoms with Crippen LogP contribution in [-0.2, 0) is 11.2 Å². The first-order valence-electron chi connectivity index (χ1n) is 7.23. The Balaban J connectivity index is 1.96. The van der Waals surface area contributed by atoms with E-state index in [0.717, 1.165) is 27.4 Å². The number of nitrogens with one attached hydrogen (secondary N) is 1. The van der Waals surface area contributed by atoms with Crippen molar-refractivity contribution in [1.82, 2.24) is 9.88 Å². The smallest absolute Gasteiger partial charge is 0.227 e. The lowest BCUT2D eigenvalue weighted by atomic mass is 9.75. The molecule has 1 aliphatic rings. The molecule has 3 nitrogen and oxygen atoms in total. The molecule has 1 heterocycles. The van der Waals surface area contributed by atoms with Gasteiger partial charge in [0.25, 0.3) is 0 Å². The molecule has 1 aromatic heterocycles. The number of aromatic nitrogens is 1. The maximum atomic E-state index is 12.4. The van der Waals surface area contributed by atoms with Crippen LogP contribution in [0.5, 0.6) is 0 Å². The summed E-state index contributed by atoms with van der Waals surface area (Å²) in [5, 5.41) is 0. The standard InChI is InChI=1S/C15H24N2OS2/c1-10-12(20-14(19)16-10)9-13(18)17(4)11-5-7-15(2,3)8-6-11/h11H,5-9H2,1-4H3,(H,16,19). The van der Waals surface area contributed by atoms with E-state index in [4.69, 9.17) is 12.2 Å². The van der Waals surface area contributed by atoms with Crippen molar-refractivity contribution in [2.75, 3.05) is 7.05 Å². The van der Waals surface area contributed by atoms with E-state index in [-0.39, 0.29) is 5.91 Å². The molecule has 1 saturated carbocycles. The predicted octanol–water partition coefficient (Wildman–Crippen LogP) is 4.08. The lowest BCUT2D eigenvalue weighted by Crippen LogP contribution is -2.41. The fourth-order valence-corrected chi connectivity index (χ4v) is 4.13. The van der Waals surface area contributed by atoms with Gasteiger partial charge in [-0.3, -0.25) is 4.79 Å². The van der Waals surface area contributed by atoms with E-state index in [9.17, 15) is 4.79 Å². The van der Waals surface area contributed by atoms with Gasteiger partial charge in [-0.15, -0.1) is 11.3 Å². The van der Waals surface area contributed by atoms with Crippen molar-refractivity contribution in [3.8, 4) is 0 Å². The number of rotatable bonds is 3. The van der Waals surface area contributed by atoms with Crippen LogP contribution >= 0.6 is 23.6 Å². The van der Waals surface area contributed by atoms with Gasteiger partial charge >= 0.3 is 0 Å². The number of carbonyl (C=O) groups is 1. The van der Waals surface area contributed by atoms with Crippen LogP contribution in [0.15, 0.2) is 0 Å². The van der Waals surface area contributed by atoms with Crippen LogP contribution in [0.1, 0.15) is 50.1 Å². The minimum absolute atomic E-state index is 0.211. The normalized spacial score (nSPS) is 19.0. The van der Waals surface area contributed by atoms with Crippen LogP contribution in [0.3, 0.4) is 0 Å². The summed E-state index contributed by atoms with van der Waals surface area (Å²) < 4.78 is 0.757. The molecule has 5 heteroatoms. The van der Waals surface area contributed by atoms with E-state index < -0.39 is 0 Å². The van der Waals surface area contributed by atoms with Crippen molar-refractivity contribution in [3.63, 3.8) is 0 Å². The average Bonchev–Trinajstić information content (AvgIpc) is 2.67. The summed E-state index contributed by atoms with van der Waals surface area (Å²) >= 11 is 6.65. The first-order valence-corrected chi connectivity index (χ1v) is 8.45. The number of carbonyl (C=O) groups excluding carboxylic acids is 1. The summed E-state index contributed by atoms with van der Waals surface area (Å²) in [5.74, 6) is 0.211. The zero-order valence-corrected chi connectivity index (χ0v) is 14.4. The van der Waals surface area contributed by atoms with Crippen LogP contribution in [-0.4, -0.2) is 28.9 Å². The summed E-state index contributed by atoms with van der Waals surface area (Å²) in [6.07, 6.45) is 5.13. The summed E-state index contributed by atoms with van der Waals surface area (Å²) in [6.45, 7) is 6.63. The van der Waals surface area contributed by atoms with Gasteiger partial charge in [-0.25, -0.2) is 0 Å². The zero-order chi connectivity index (χ0) is 14.9. The second-order valence-electron chi connectivity index (χ2n) is 6.64. The molecule has 112 valence electrons. The van der Waals surface area contributed by atoms with Gasteiger partial charge < -0.3 is 9.88 Å². The van der Waals surface area contributed by atoms with Gasteiger partial charge in [-0.2, -0.15) is 0 Å². The van der Waals surface area contributed by atoms with Crippen molar-refractivity contribution in [3.05, 3.63) is 14.5 Å². The summed E-state index contributed by atoms with van der Waals surface area (Å²) in [4.78, 5) is 18.6. The highest BCUT2D eigenvalue weighted by molar-refractivity contribution is 7.73. The van der Waals surface area contributed by atoms with Crippen molar-refractivity contribution in [2.45, 2.75) is 58.9 Å². The van der Waals surface area contributed by atoms with Gasteiger partial charge in [0.05, 0.1) is 6.42 Å². The van der Waals surface area contributed by atoms with E-state index in [1.54, 1.807) is 0 Å². The largest absolute Gasteiger partial charge is 0.342 e. The number of aryl methyl sites for hydroxylation is 1. The van der Waals surface area contributed by atoms with Crippen molar-refractivity contribution >= 4 is 29.5 Å². The molecule has 1 amide bonds. The molecule has 0 aliphatic heterocycles. The molecule has 1 aromatic rings. The van der Waals surface area contributed by atoms with Gasteiger partial charge in [-0.05, 0) is 50.2 Å². The van der Waals surface area contributed by atoms with Gasteiger partial charge in [0.2, 0.25) is 5.91 Å². The third-order valence-corrected chi connectivity index (χ3v) is 5.82. The van der Waals surface area contributed by atoms with E-state index in [2.05, 4.69) is 18.8 Å². The van der Waals surface area contributed by atoms with E-state index in [1.807, 2.05) is 18.9 Å². The van der Waals surface area contributed by atoms with Gasteiger partial charge in [0, 0.05) is 23.7 Å². The van der Waals surface area contributed by atoms with E-state index >= 15 is 0 Å². The van der Waals surface area contributed by atoms with Crippen LogP contribution in [0.2, 0.25) is 0 Å². The van der Waals surface area contributed by atoms with Crippen molar-refractivity contribution < 1.29 is 4.79 Å². The van der Waals surface area contributed by atoms with E-state index in [1.165, 1.54) is 24.2 Å². The molecule has 1 N–H and O–H groups in total. The predicted molar refractivity (Wildman–Crippen MR) is 86.8 cm³/mol. The number of hydrogen-bond donors (Lipinski definition) is 1. The molecule has 0 unspecified atom stereocenters. The molecule has 0 saturated heterocycles. The number of H-pyrrole nitrogens is 1. The molecule has 1 fully saturated rings. The first-order chi connectivity index (χ1) is 9.28. The van der Waals surface area contributed by atoms with E-state index in [0.29, 0.717) is 17.9 Å². The first kappa shape index (κ1) is 15.7. The van der Waals surface area contributed by atoms with Crippen LogP contribution in [0, 0.1) is 16.3 Å². The highest BCUT2D eigenvalue weighted by atomic mass is 32.1. The Morgan fingerprint density at radius 1 is 1.45 bits per heavy atom. The minimum atomic E-state index is 0.211. The Morgan fingerprint density at radius 3 is 2.55 bits per heavy atom. The van der Waals surface area contributed by atoms with Gasteiger partial charge in [0.1, 0.15) is 0 Å². The summed E-state index contributed by atoms with van der Waals surface area (Å²) in [6, 6.07) is 0.405. The molecule has 0 aromatic carbocycles. The maximum absolute atomic E-state index is 12.4. The van der Waals surface area contributed by atoms with Crippen LogP contribution < -0.4 is 0 Å². The Morgan fingerprint density at radius 2 is 2.05 bits per heavy atom. The Labute approximate surface area is 130 Å². The minimum Gasteiger partial charge on any atom is -0.342 e. The fraction of sp³-hybridized carbons (Fsp3) is 0.733. The summed E-state index contributed by atoms with van der Waals surface area (Å²) in [5.41, 5.74) is 1.48. The Hall–Kier alpha value is -0.680. The lowest BCUT2D eigenvalue weighted by Gasteiger charge is -2.38. The SMILES string of the molecule is Cc1[nH]c(=S)sc1CC(=O)N(C)C1CCC(C)(C)CC1. The topological polar surface area (TPSA) is 36.1 Å². The van der Waals surface area contributed by atoms with Crippen LogP contribution in [0.25, 0.3) is 0 Å². The molecular weight excluding hydrogens is 288 g/mol. The molecule has 0 radical (unpaired) electrons. The molecular formula is C15H24N2OS2. The van der Waals surface area contributed by atoms with Gasteiger partial charge in [0.15, 0.2) is 3.95 Å². The Bertz CT molecular complexity index is 534. The number of likely N-dealkylation sites (N-methyl/N-ethyl adjacent to an activating group) is 1. The number of hydrogen-bond acceptors (Lipinski definition) is 3. The highest BCUT2D eigenvalue weighted by Crippen LogP contribution is 2.36. The number of aromatic amines is 1. The number of thiazole rings is 1. The zero-order valence-electron chi connectivity index (χ0n) is 12.8. The molecule has 2 rings (SSSR count). The molecule has 1 aliphatic carbocycles. The monoisotopic (exact) mass is 312 g/mol. The quantitative estimate of drug-likeness (QED) is 0.854. The molecule has 0 spiro atoms. The second-order valence-corrected chi connectivity index (χ2v) is 8.41. The van der Waals surface area contributed by atoms with Crippen molar-refractivity contribution in [2.24, 2.45) is 5.41 Å². The second kappa shape index (κ2) is 5.98.